The molecule has 2 aromatic carbocycles. The minimum Gasteiger partial charge on any atom is -0.492 e. The summed E-state index contributed by atoms with van der Waals surface area (Å²) in [5.74, 6) is -2.53. The van der Waals surface area contributed by atoms with Crippen molar-refractivity contribution in [3.63, 3.8) is 0 Å². The molecule has 3 rings (SSSR count). The summed E-state index contributed by atoms with van der Waals surface area (Å²) in [6.45, 7) is -0.111. The number of amides is 1. The molecule has 1 N–H and O–H groups in total. The summed E-state index contributed by atoms with van der Waals surface area (Å²) in [7, 11) is 0. The van der Waals surface area contributed by atoms with E-state index >= 15 is 0 Å². The Kier molecular flexibility index (Phi) is 5.39. The van der Waals surface area contributed by atoms with Crippen LogP contribution in [0.5, 0.6) is 5.75 Å². The van der Waals surface area contributed by atoms with Gasteiger partial charge in [-0.2, -0.15) is 5.10 Å². The minimum atomic E-state index is -1.01. The summed E-state index contributed by atoms with van der Waals surface area (Å²) >= 11 is 0. The number of nitro groups is 1. The lowest BCUT2D eigenvalue weighted by Gasteiger charge is -2.26. The van der Waals surface area contributed by atoms with Crippen molar-refractivity contribution in [1.29, 1.82) is 0 Å². The first-order chi connectivity index (χ1) is 13.0. The molecule has 2 aromatic rings. The second kappa shape index (κ2) is 7.90. The van der Waals surface area contributed by atoms with Gasteiger partial charge in [0.15, 0.2) is 0 Å². The van der Waals surface area contributed by atoms with Crippen molar-refractivity contribution in [2.24, 2.45) is 11.0 Å². The van der Waals surface area contributed by atoms with E-state index in [-0.39, 0.29) is 25.1 Å². The maximum Gasteiger partial charge on any atom is 0.274 e. The van der Waals surface area contributed by atoms with Crippen molar-refractivity contribution in [3.8, 4) is 5.75 Å². The number of ether oxygens (including phenoxy) is 1. The molecule has 27 heavy (non-hydrogen) atoms. The Morgan fingerprint density at radius 1 is 1.30 bits per heavy atom. The maximum absolute atomic E-state index is 13.7. The lowest BCUT2D eigenvalue weighted by Crippen LogP contribution is -2.33. The van der Waals surface area contributed by atoms with Crippen molar-refractivity contribution in [2.75, 3.05) is 13.2 Å². The molecule has 1 aliphatic rings. The van der Waals surface area contributed by atoms with Crippen LogP contribution in [0.2, 0.25) is 0 Å². The van der Waals surface area contributed by atoms with Crippen molar-refractivity contribution in [3.05, 3.63) is 75.3 Å². The highest BCUT2D eigenvalue weighted by atomic mass is 19.1. The Bertz CT molecular complexity index is 917. The van der Waals surface area contributed by atoms with Gasteiger partial charge in [-0.1, -0.05) is 12.1 Å². The zero-order valence-electron chi connectivity index (χ0n) is 14.0. The number of para-hydroxylation sites is 1. The average molecular weight is 375 g/mol. The van der Waals surface area contributed by atoms with E-state index in [0.717, 1.165) is 12.1 Å². The number of carbonyl (C=O) groups is 1. The molecular weight excluding hydrogens is 360 g/mol. The van der Waals surface area contributed by atoms with E-state index in [2.05, 4.69) is 10.5 Å². The highest BCUT2D eigenvalue weighted by Gasteiger charge is 2.28. The molecule has 140 valence electrons. The van der Waals surface area contributed by atoms with Crippen molar-refractivity contribution in [2.45, 2.75) is 6.42 Å². The molecule has 0 bridgehead atoms. The first-order valence-corrected chi connectivity index (χ1v) is 8.12. The Balaban J connectivity index is 1.87. The fourth-order valence-corrected chi connectivity index (χ4v) is 2.77. The van der Waals surface area contributed by atoms with Crippen LogP contribution in [0, 0.1) is 27.7 Å². The van der Waals surface area contributed by atoms with Gasteiger partial charge in [-0.15, -0.1) is 0 Å². The fourth-order valence-electron chi connectivity index (χ4n) is 2.77. The molecule has 0 radical (unpaired) electrons. The third-order valence-electron chi connectivity index (χ3n) is 4.10. The van der Waals surface area contributed by atoms with Crippen LogP contribution in [0.25, 0.3) is 0 Å². The number of hydrogen-bond donors (Lipinski definition) is 1. The van der Waals surface area contributed by atoms with E-state index in [1.165, 1.54) is 0 Å². The van der Waals surface area contributed by atoms with Crippen LogP contribution in [0.3, 0.4) is 0 Å². The van der Waals surface area contributed by atoms with Crippen molar-refractivity contribution < 1.29 is 23.2 Å². The summed E-state index contributed by atoms with van der Waals surface area (Å²) in [6, 6.07) is 9.53. The number of nitrogens with one attached hydrogen (secondary N) is 1. The van der Waals surface area contributed by atoms with E-state index in [0.29, 0.717) is 23.1 Å². The molecule has 1 atom stereocenters. The van der Waals surface area contributed by atoms with Gasteiger partial charge >= 0.3 is 0 Å². The molecule has 7 nitrogen and oxygen atoms in total. The Hall–Kier alpha value is -3.36. The number of rotatable bonds is 5. The molecule has 1 amide bonds. The Labute approximate surface area is 152 Å². The lowest BCUT2D eigenvalue weighted by atomic mass is 9.91. The van der Waals surface area contributed by atoms with Gasteiger partial charge in [-0.3, -0.25) is 14.9 Å². The second-order valence-corrected chi connectivity index (χ2v) is 5.91. The molecule has 0 aromatic heterocycles. The number of benzene rings is 2. The first-order valence-electron chi connectivity index (χ1n) is 8.12. The molecule has 9 heteroatoms. The maximum atomic E-state index is 13.7. The van der Waals surface area contributed by atoms with Crippen LogP contribution in [-0.4, -0.2) is 29.7 Å². The van der Waals surface area contributed by atoms with E-state index < -0.39 is 28.4 Å². The summed E-state index contributed by atoms with van der Waals surface area (Å²) < 4.78 is 32.3. The number of fused-ring (bicyclic) bond motifs is 1. The van der Waals surface area contributed by atoms with Crippen LogP contribution in [-0.2, 0) is 0 Å². The van der Waals surface area contributed by atoms with E-state index in [9.17, 15) is 23.7 Å². The Morgan fingerprint density at radius 3 is 2.81 bits per heavy atom. The van der Waals surface area contributed by atoms with Gasteiger partial charge in [0.05, 0.1) is 17.9 Å². The zero-order valence-corrected chi connectivity index (χ0v) is 14.0. The van der Waals surface area contributed by atoms with Gasteiger partial charge in [0, 0.05) is 28.9 Å². The molecule has 0 aliphatic carbocycles. The van der Waals surface area contributed by atoms with Gasteiger partial charge in [0.1, 0.15) is 17.4 Å². The molecule has 0 fully saturated rings. The topological polar surface area (TPSA) is 93.8 Å². The molecule has 0 saturated carbocycles. The van der Waals surface area contributed by atoms with Crippen molar-refractivity contribution in [1.82, 2.24) is 5.43 Å². The monoisotopic (exact) mass is 375 g/mol. The Morgan fingerprint density at radius 2 is 2.07 bits per heavy atom. The zero-order chi connectivity index (χ0) is 19.4. The van der Waals surface area contributed by atoms with Crippen LogP contribution in [0.15, 0.2) is 47.6 Å². The predicted molar refractivity (Wildman–Crippen MR) is 92.3 cm³/mol. The van der Waals surface area contributed by atoms with Gasteiger partial charge in [-0.25, -0.2) is 14.2 Å². The fraction of sp³-hybridized carbons (Fsp3) is 0.222. The van der Waals surface area contributed by atoms with Crippen LogP contribution >= 0.6 is 0 Å². The number of hydrazone groups is 1. The predicted octanol–water partition coefficient (Wildman–Crippen LogP) is 2.77. The summed E-state index contributed by atoms with van der Waals surface area (Å²) in [5.41, 5.74) is 2.90. The average Bonchev–Trinajstić information content (AvgIpc) is 2.64. The largest absolute Gasteiger partial charge is 0.492 e. The van der Waals surface area contributed by atoms with Crippen molar-refractivity contribution >= 4 is 11.6 Å². The molecule has 1 aliphatic heterocycles. The van der Waals surface area contributed by atoms with Gasteiger partial charge in [0.25, 0.3) is 5.91 Å². The van der Waals surface area contributed by atoms with E-state index in [4.69, 9.17) is 4.74 Å². The van der Waals surface area contributed by atoms with Gasteiger partial charge in [0.2, 0.25) is 6.54 Å². The molecule has 0 saturated heterocycles. The van der Waals surface area contributed by atoms with Gasteiger partial charge in [-0.05, 0) is 24.3 Å². The molecule has 0 spiro atoms. The molecular formula is C18H15F2N3O4. The number of carbonyl (C=O) groups excluding carboxylic acids is 1. The summed E-state index contributed by atoms with van der Waals surface area (Å²) in [4.78, 5) is 22.4. The second-order valence-electron chi connectivity index (χ2n) is 5.91. The summed E-state index contributed by atoms with van der Waals surface area (Å²) in [6.07, 6.45) is 0.168. The third kappa shape index (κ3) is 4.25. The van der Waals surface area contributed by atoms with Crippen LogP contribution in [0.4, 0.5) is 8.78 Å². The quantitative estimate of drug-likeness (QED) is 0.642. The van der Waals surface area contributed by atoms with Crippen LogP contribution < -0.4 is 10.2 Å². The summed E-state index contributed by atoms with van der Waals surface area (Å²) in [5, 5.41) is 14.8. The molecule has 1 heterocycles. The number of halogens is 2. The van der Waals surface area contributed by atoms with Gasteiger partial charge < -0.3 is 4.74 Å². The number of nitrogens with zero attached hydrogens (tertiary/aromatic N) is 2. The number of hydrogen-bond acceptors (Lipinski definition) is 5. The smallest absolute Gasteiger partial charge is 0.274 e. The minimum absolute atomic E-state index is 0.168. The molecule has 1 unspecified atom stereocenters. The van der Waals surface area contributed by atoms with Crippen LogP contribution in [0.1, 0.15) is 22.3 Å². The third-order valence-corrected chi connectivity index (χ3v) is 4.10. The standard InChI is InChI=1S/C18H15F2N3O4/c19-12-5-6-13(15(20)9-12)18(24)22-21-17-11(7-8-23(25)26)10-27-16-4-2-1-3-14(16)17/h1-6,9,11H,7-8,10H2,(H,22,24)/b21-17-. The van der Waals surface area contributed by atoms with E-state index in [1.54, 1.807) is 24.3 Å². The highest BCUT2D eigenvalue weighted by Crippen LogP contribution is 2.29. The first kappa shape index (κ1) is 18.4. The normalized spacial score (nSPS) is 17.1. The highest BCUT2D eigenvalue weighted by molar-refractivity contribution is 6.06. The lowest BCUT2D eigenvalue weighted by molar-refractivity contribution is -0.481. The van der Waals surface area contributed by atoms with E-state index in [1.807, 2.05) is 0 Å². The SMILES string of the molecule is O=C(N/N=C1\c2ccccc2OCC1CC[N+](=O)[O-])c1ccc(F)cc1F.